The smallest absolute Gasteiger partial charge is 0.309 e. The molecule has 0 aliphatic heterocycles. The van der Waals surface area contributed by atoms with E-state index in [1.165, 1.54) is 0 Å². The molecule has 1 N–H and O–H groups in total. The highest BCUT2D eigenvalue weighted by Gasteiger charge is 2.07. The number of fused-ring (bicyclic) bond motifs is 1. The van der Waals surface area contributed by atoms with Crippen LogP contribution in [0.25, 0.3) is 5.78 Å². The molecule has 0 aliphatic carbocycles. The van der Waals surface area contributed by atoms with Crippen LogP contribution in [0.2, 0.25) is 0 Å². The molecule has 0 saturated carbocycles. The molecule has 2 rings (SSSR count). The van der Waals surface area contributed by atoms with Gasteiger partial charge in [-0.2, -0.15) is 0 Å². The summed E-state index contributed by atoms with van der Waals surface area (Å²) in [6.45, 7) is 1.92. The van der Waals surface area contributed by atoms with Crippen LogP contribution in [0.5, 0.6) is 0 Å². The van der Waals surface area contributed by atoms with Gasteiger partial charge >= 0.3 is 5.97 Å². The van der Waals surface area contributed by atoms with Gasteiger partial charge < -0.3 is 5.11 Å². The largest absolute Gasteiger partial charge is 0.481 e. The molecule has 2 aromatic heterocycles. The molecular weight excluding hydrogens is 182 g/mol. The molecule has 2 heterocycles. The fourth-order valence-electron chi connectivity index (χ4n) is 1.30. The van der Waals surface area contributed by atoms with Gasteiger partial charge in [0.2, 0.25) is 5.78 Å². The number of aryl methyl sites for hydroxylation is 1. The fraction of sp³-hybridized carbons (Fsp3) is 0.222. The van der Waals surface area contributed by atoms with Gasteiger partial charge in [0, 0.05) is 18.1 Å². The lowest BCUT2D eigenvalue weighted by atomic mass is 10.3. The number of hydrogen-bond donors (Lipinski definition) is 1. The number of carboxylic acids is 1. The Morgan fingerprint density at radius 3 is 3.07 bits per heavy atom. The summed E-state index contributed by atoms with van der Waals surface area (Å²) in [5.41, 5.74) is 1.51. The number of rotatable bonds is 2. The first-order chi connectivity index (χ1) is 6.66. The predicted octanol–water partition coefficient (Wildman–Crippen LogP) is 0.665. The van der Waals surface area contributed by atoms with E-state index >= 15 is 0 Å². The van der Waals surface area contributed by atoms with E-state index in [4.69, 9.17) is 5.11 Å². The topological polar surface area (TPSA) is 67.5 Å². The van der Waals surface area contributed by atoms with E-state index in [2.05, 4.69) is 9.97 Å². The molecule has 0 bridgehead atoms. The average Bonchev–Trinajstić information content (AvgIpc) is 2.47. The molecule has 5 heteroatoms. The highest BCUT2D eigenvalue weighted by molar-refractivity contribution is 5.69. The molecule has 0 amide bonds. The van der Waals surface area contributed by atoms with Gasteiger partial charge in [0.25, 0.3) is 0 Å². The molecule has 0 aromatic carbocycles. The van der Waals surface area contributed by atoms with E-state index in [1.54, 1.807) is 16.8 Å². The van der Waals surface area contributed by atoms with Crippen molar-refractivity contribution in [1.82, 2.24) is 14.4 Å². The minimum Gasteiger partial charge on any atom is -0.481 e. The highest BCUT2D eigenvalue weighted by atomic mass is 16.4. The molecule has 5 nitrogen and oxygen atoms in total. The molecule has 0 radical (unpaired) electrons. The summed E-state index contributed by atoms with van der Waals surface area (Å²) in [5, 5.41) is 8.59. The van der Waals surface area contributed by atoms with Crippen LogP contribution in [0.3, 0.4) is 0 Å². The van der Waals surface area contributed by atoms with Crippen molar-refractivity contribution in [2.75, 3.05) is 0 Å². The van der Waals surface area contributed by atoms with E-state index in [0.29, 0.717) is 11.5 Å². The average molecular weight is 191 g/mol. The van der Waals surface area contributed by atoms with Crippen molar-refractivity contribution in [2.45, 2.75) is 13.3 Å². The van der Waals surface area contributed by atoms with Crippen LogP contribution < -0.4 is 0 Å². The summed E-state index contributed by atoms with van der Waals surface area (Å²) < 4.78 is 1.78. The Kier molecular flexibility index (Phi) is 1.92. The van der Waals surface area contributed by atoms with Crippen molar-refractivity contribution in [3.63, 3.8) is 0 Å². The fourth-order valence-corrected chi connectivity index (χ4v) is 1.30. The first-order valence-corrected chi connectivity index (χ1v) is 4.18. The quantitative estimate of drug-likeness (QED) is 0.757. The normalized spacial score (nSPS) is 10.6. The van der Waals surface area contributed by atoms with Gasteiger partial charge in [-0.1, -0.05) is 0 Å². The summed E-state index contributed by atoms with van der Waals surface area (Å²) in [4.78, 5) is 18.6. The second-order valence-electron chi connectivity index (χ2n) is 3.06. The third kappa shape index (κ3) is 1.44. The Balaban J connectivity index is 2.51. The van der Waals surface area contributed by atoms with Crippen LogP contribution >= 0.6 is 0 Å². The van der Waals surface area contributed by atoms with Gasteiger partial charge in [-0.15, -0.1) is 0 Å². The molecule has 0 saturated heterocycles. The molecule has 0 spiro atoms. The molecule has 0 aliphatic rings. The van der Waals surface area contributed by atoms with Crippen LogP contribution in [-0.2, 0) is 11.2 Å². The third-order valence-corrected chi connectivity index (χ3v) is 1.96. The van der Waals surface area contributed by atoms with E-state index < -0.39 is 5.97 Å². The minimum atomic E-state index is -0.883. The van der Waals surface area contributed by atoms with Gasteiger partial charge in [-0.3, -0.25) is 9.20 Å². The van der Waals surface area contributed by atoms with Crippen LogP contribution in [-0.4, -0.2) is 25.4 Å². The molecule has 72 valence electrons. The Hall–Kier alpha value is -1.91. The molecule has 0 fully saturated rings. The van der Waals surface area contributed by atoms with Crippen molar-refractivity contribution < 1.29 is 9.90 Å². The molecular formula is C9H9N3O2. The van der Waals surface area contributed by atoms with Crippen LogP contribution in [0.1, 0.15) is 11.4 Å². The molecule has 0 atom stereocenters. The predicted molar refractivity (Wildman–Crippen MR) is 49.1 cm³/mol. The second-order valence-corrected chi connectivity index (χ2v) is 3.06. The summed E-state index contributed by atoms with van der Waals surface area (Å²) in [5.74, 6) is -0.340. The monoisotopic (exact) mass is 191 g/mol. The maximum Gasteiger partial charge on any atom is 0.309 e. The first-order valence-electron chi connectivity index (χ1n) is 4.18. The Labute approximate surface area is 80.0 Å². The Morgan fingerprint density at radius 1 is 1.64 bits per heavy atom. The van der Waals surface area contributed by atoms with Crippen molar-refractivity contribution in [1.29, 1.82) is 0 Å². The maximum absolute atomic E-state index is 10.5. The van der Waals surface area contributed by atoms with Crippen LogP contribution in [0.15, 0.2) is 18.5 Å². The molecule has 14 heavy (non-hydrogen) atoms. The van der Waals surface area contributed by atoms with E-state index in [0.717, 1.165) is 5.69 Å². The van der Waals surface area contributed by atoms with Gasteiger partial charge in [-0.05, 0) is 13.0 Å². The Bertz CT molecular complexity index is 490. The summed E-state index contributed by atoms with van der Waals surface area (Å²) >= 11 is 0. The van der Waals surface area contributed by atoms with Gasteiger partial charge in [-0.25, -0.2) is 9.97 Å². The molecule has 2 aromatic rings. The lowest BCUT2D eigenvalue weighted by molar-refractivity contribution is -0.136. The summed E-state index contributed by atoms with van der Waals surface area (Å²) in [6.07, 6.45) is 3.29. The Morgan fingerprint density at radius 2 is 2.43 bits per heavy atom. The summed E-state index contributed by atoms with van der Waals surface area (Å²) in [6, 6.07) is 1.85. The second kappa shape index (κ2) is 3.10. The number of carboxylic acid groups (broad SMARTS) is 1. The van der Waals surface area contributed by atoms with Crippen molar-refractivity contribution in [2.24, 2.45) is 0 Å². The third-order valence-electron chi connectivity index (χ3n) is 1.96. The number of hydrogen-bond acceptors (Lipinski definition) is 3. The number of imidazole rings is 1. The minimum absolute atomic E-state index is 0.0667. The standard InChI is InChI=1S/C9H9N3O2/c1-6-2-3-10-9-11-7(4-8(13)14)5-12(6)9/h2-3,5H,4H2,1H3,(H,13,14). The lowest BCUT2D eigenvalue weighted by Crippen LogP contribution is -1.99. The van der Waals surface area contributed by atoms with Gasteiger partial charge in [0.15, 0.2) is 0 Å². The van der Waals surface area contributed by atoms with E-state index in [9.17, 15) is 4.79 Å². The van der Waals surface area contributed by atoms with Crippen molar-refractivity contribution >= 4 is 11.7 Å². The van der Waals surface area contributed by atoms with Crippen LogP contribution in [0.4, 0.5) is 0 Å². The number of nitrogens with zero attached hydrogens (tertiary/aromatic N) is 3. The first kappa shape index (κ1) is 8.68. The van der Waals surface area contributed by atoms with E-state index in [1.807, 2.05) is 13.0 Å². The molecule has 0 unspecified atom stereocenters. The zero-order valence-electron chi connectivity index (χ0n) is 7.64. The number of aromatic nitrogens is 3. The van der Waals surface area contributed by atoms with Gasteiger partial charge in [0.1, 0.15) is 0 Å². The van der Waals surface area contributed by atoms with Crippen LogP contribution in [0, 0.1) is 6.92 Å². The van der Waals surface area contributed by atoms with E-state index in [-0.39, 0.29) is 6.42 Å². The van der Waals surface area contributed by atoms with Crippen molar-refractivity contribution in [3.8, 4) is 0 Å². The highest BCUT2D eigenvalue weighted by Crippen LogP contribution is 2.05. The number of carbonyl (C=O) groups is 1. The number of aliphatic carboxylic acids is 1. The SMILES string of the molecule is Cc1ccnc2nc(CC(=O)O)cn12. The lowest BCUT2D eigenvalue weighted by Gasteiger charge is -1.94. The van der Waals surface area contributed by atoms with Gasteiger partial charge in [0.05, 0.1) is 12.1 Å². The maximum atomic E-state index is 10.5. The summed E-state index contributed by atoms with van der Waals surface area (Å²) in [7, 11) is 0. The zero-order chi connectivity index (χ0) is 10.1. The zero-order valence-corrected chi connectivity index (χ0v) is 7.64. The van der Waals surface area contributed by atoms with Crippen molar-refractivity contribution in [3.05, 3.63) is 29.8 Å².